The summed E-state index contributed by atoms with van der Waals surface area (Å²) in [5.41, 5.74) is 2.23. The van der Waals surface area contributed by atoms with Gasteiger partial charge in [-0.3, -0.25) is 4.79 Å². The number of aryl methyl sites for hydroxylation is 1. The Morgan fingerprint density at radius 3 is 2.06 bits per heavy atom. The number of hydrogen-bond donors (Lipinski definition) is 0. The lowest BCUT2D eigenvalue weighted by Gasteiger charge is -2.24. The van der Waals surface area contributed by atoms with E-state index < -0.39 is 5.97 Å². The smallest absolute Gasteiger partial charge is 0.331 e. The highest BCUT2D eigenvalue weighted by Crippen LogP contribution is 2.30. The Hall–Kier alpha value is -2.48. The van der Waals surface area contributed by atoms with E-state index in [2.05, 4.69) is 4.74 Å². The van der Waals surface area contributed by atoms with Gasteiger partial charge in [0.05, 0.1) is 27.9 Å². The van der Waals surface area contributed by atoms with Gasteiger partial charge in [-0.05, 0) is 55.7 Å². The number of methoxy groups -OCH3 is 3. The third-order valence-corrected chi connectivity index (χ3v) is 5.49. The number of nitrogens with zero attached hydrogens (tertiary/aromatic N) is 1. The van der Waals surface area contributed by atoms with Crippen LogP contribution in [-0.4, -0.2) is 64.4 Å². The molecule has 9 heteroatoms. The Balaban J connectivity index is 2.15. The van der Waals surface area contributed by atoms with Gasteiger partial charge in [-0.2, -0.15) is 0 Å². The summed E-state index contributed by atoms with van der Waals surface area (Å²) in [6.07, 6.45) is 1.37. The predicted molar refractivity (Wildman–Crippen MR) is 128 cm³/mol. The van der Waals surface area contributed by atoms with E-state index in [0.29, 0.717) is 53.0 Å². The van der Waals surface area contributed by atoms with Gasteiger partial charge in [0, 0.05) is 34.3 Å². The lowest BCUT2D eigenvalue weighted by molar-refractivity contribution is -0.145. The Kier molecular flexibility index (Phi) is 10.8. The average molecular weight is 498 g/mol. The summed E-state index contributed by atoms with van der Waals surface area (Å²) in [6.45, 7) is 2.63. The van der Waals surface area contributed by atoms with E-state index in [0.717, 1.165) is 11.1 Å². The van der Waals surface area contributed by atoms with Crippen LogP contribution in [0.4, 0.5) is 0 Å². The zero-order valence-electron chi connectivity index (χ0n) is 19.3. The SMILES string of the molecule is COC(=O)COCCN(CCCc1cc(Cl)cc(Cl)c1)C(=O)c1cc(OC)c(C)c(OC)c1. The van der Waals surface area contributed by atoms with Gasteiger partial charge in [0.25, 0.3) is 5.91 Å². The predicted octanol–water partition coefficient (Wildman–Crippen LogP) is 4.58. The van der Waals surface area contributed by atoms with E-state index in [4.69, 9.17) is 37.4 Å². The van der Waals surface area contributed by atoms with Crippen LogP contribution in [0.25, 0.3) is 0 Å². The summed E-state index contributed by atoms with van der Waals surface area (Å²) in [6, 6.07) is 8.78. The molecule has 0 saturated heterocycles. The van der Waals surface area contributed by atoms with Gasteiger partial charge >= 0.3 is 5.97 Å². The van der Waals surface area contributed by atoms with Gasteiger partial charge in [0.2, 0.25) is 0 Å². The maximum absolute atomic E-state index is 13.4. The Labute approximate surface area is 204 Å². The van der Waals surface area contributed by atoms with Gasteiger partial charge in [-0.15, -0.1) is 0 Å². The molecule has 2 aromatic rings. The maximum atomic E-state index is 13.4. The Morgan fingerprint density at radius 2 is 1.52 bits per heavy atom. The summed E-state index contributed by atoms with van der Waals surface area (Å²) >= 11 is 12.2. The minimum Gasteiger partial charge on any atom is -0.496 e. The van der Waals surface area contributed by atoms with Crippen molar-refractivity contribution < 1.29 is 28.5 Å². The monoisotopic (exact) mass is 497 g/mol. The molecule has 0 bridgehead atoms. The number of carbonyl (C=O) groups excluding carboxylic acids is 2. The minimum absolute atomic E-state index is 0.175. The number of ether oxygens (including phenoxy) is 4. The molecule has 0 spiro atoms. The van der Waals surface area contributed by atoms with Gasteiger partial charge < -0.3 is 23.8 Å². The molecule has 1 amide bonds. The molecule has 0 radical (unpaired) electrons. The molecule has 2 rings (SSSR count). The first kappa shape index (κ1) is 26.8. The van der Waals surface area contributed by atoms with Gasteiger partial charge in [-0.25, -0.2) is 4.79 Å². The summed E-state index contributed by atoms with van der Waals surface area (Å²) in [4.78, 5) is 26.3. The maximum Gasteiger partial charge on any atom is 0.331 e. The van der Waals surface area contributed by atoms with Crippen LogP contribution in [0, 0.1) is 6.92 Å². The van der Waals surface area contributed by atoms with E-state index >= 15 is 0 Å². The van der Waals surface area contributed by atoms with Crippen molar-refractivity contribution in [3.05, 3.63) is 57.1 Å². The number of carbonyl (C=O) groups is 2. The van der Waals surface area contributed by atoms with Crippen molar-refractivity contribution in [2.75, 3.05) is 47.6 Å². The van der Waals surface area contributed by atoms with Crippen molar-refractivity contribution in [1.82, 2.24) is 4.90 Å². The minimum atomic E-state index is -0.473. The highest BCUT2D eigenvalue weighted by atomic mass is 35.5. The first-order valence-corrected chi connectivity index (χ1v) is 11.2. The Bertz CT molecular complexity index is 921. The standard InChI is InChI=1S/C24H29Cl2NO6/c1-16-21(30-2)12-18(13-22(16)31-3)24(29)27(8-9-33-15-23(28)32-4)7-5-6-17-10-19(25)14-20(26)11-17/h10-14H,5-9,15H2,1-4H3. The molecule has 0 aliphatic carbocycles. The third kappa shape index (κ3) is 8.11. The average Bonchev–Trinajstić information content (AvgIpc) is 2.79. The number of benzene rings is 2. The molecular weight excluding hydrogens is 469 g/mol. The normalized spacial score (nSPS) is 10.6. The molecule has 0 aliphatic heterocycles. The second-order valence-electron chi connectivity index (χ2n) is 7.31. The quantitative estimate of drug-likeness (QED) is 0.315. The van der Waals surface area contributed by atoms with E-state index in [9.17, 15) is 9.59 Å². The molecule has 0 fully saturated rings. The van der Waals surface area contributed by atoms with Gasteiger partial charge in [0.1, 0.15) is 18.1 Å². The van der Waals surface area contributed by atoms with Crippen molar-refractivity contribution in [2.45, 2.75) is 19.8 Å². The van der Waals surface area contributed by atoms with Crippen LogP contribution < -0.4 is 9.47 Å². The van der Waals surface area contributed by atoms with Crippen LogP contribution >= 0.6 is 23.2 Å². The molecule has 2 aromatic carbocycles. The molecule has 0 aliphatic rings. The van der Waals surface area contributed by atoms with Gasteiger partial charge in [0.15, 0.2) is 0 Å². The Morgan fingerprint density at radius 1 is 0.909 bits per heavy atom. The molecule has 0 heterocycles. The van der Waals surface area contributed by atoms with Crippen molar-refractivity contribution in [1.29, 1.82) is 0 Å². The largest absolute Gasteiger partial charge is 0.496 e. The molecule has 0 aromatic heterocycles. The molecule has 0 saturated carbocycles. The van der Waals surface area contributed by atoms with Crippen molar-refractivity contribution in [3.63, 3.8) is 0 Å². The molecule has 0 unspecified atom stereocenters. The summed E-state index contributed by atoms with van der Waals surface area (Å²) in [7, 11) is 4.39. The highest BCUT2D eigenvalue weighted by molar-refractivity contribution is 6.34. The van der Waals surface area contributed by atoms with Crippen LogP contribution in [0.5, 0.6) is 11.5 Å². The first-order valence-electron chi connectivity index (χ1n) is 10.4. The van der Waals surface area contributed by atoms with E-state index in [1.807, 2.05) is 19.1 Å². The highest BCUT2D eigenvalue weighted by Gasteiger charge is 2.19. The third-order valence-electron chi connectivity index (χ3n) is 5.06. The van der Waals surface area contributed by atoms with Crippen LogP contribution in [0.1, 0.15) is 27.9 Å². The fraction of sp³-hybridized carbons (Fsp3) is 0.417. The van der Waals surface area contributed by atoms with Crippen LogP contribution in [-0.2, 0) is 20.7 Å². The van der Waals surface area contributed by atoms with Crippen LogP contribution in [0.3, 0.4) is 0 Å². The molecule has 0 atom stereocenters. The van der Waals surface area contributed by atoms with E-state index in [1.54, 1.807) is 37.3 Å². The number of amides is 1. The van der Waals surface area contributed by atoms with Crippen LogP contribution in [0.2, 0.25) is 10.0 Å². The molecular formula is C24H29Cl2NO6. The zero-order chi connectivity index (χ0) is 24.4. The number of hydrogen-bond acceptors (Lipinski definition) is 6. The molecule has 33 heavy (non-hydrogen) atoms. The molecule has 7 nitrogen and oxygen atoms in total. The van der Waals surface area contributed by atoms with E-state index in [-0.39, 0.29) is 19.1 Å². The topological polar surface area (TPSA) is 74.3 Å². The van der Waals surface area contributed by atoms with Crippen LogP contribution in [0.15, 0.2) is 30.3 Å². The van der Waals surface area contributed by atoms with Crippen molar-refractivity contribution in [2.24, 2.45) is 0 Å². The first-order chi connectivity index (χ1) is 15.8. The van der Waals surface area contributed by atoms with Crippen molar-refractivity contribution in [3.8, 4) is 11.5 Å². The van der Waals surface area contributed by atoms with E-state index in [1.165, 1.54) is 7.11 Å². The second kappa shape index (κ2) is 13.3. The molecule has 180 valence electrons. The summed E-state index contributed by atoms with van der Waals surface area (Å²) < 4.78 is 20.7. The fourth-order valence-corrected chi connectivity index (χ4v) is 3.90. The lowest BCUT2D eigenvalue weighted by Crippen LogP contribution is -2.35. The number of esters is 1. The number of halogens is 2. The van der Waals surface area contributed by atoms with Crippen molar-refractivity contribution >= 4 is 35.1 Å². The molecule has 0 N–H and O–H groups in total. The summed E-state index contributed by atoms with van der Waals surface area (Å²) in [5, 5.41) is 1.14. The lowest BCUT2D eigenvalue weighted by atomic mass is 10.1. The van der Waals surface area contributed by atoms with Gasteiger partial charge in [-0.1, -0.05) is 23.2 Å². The number of rotatable bonds is 12. The fourth-order valence-electron chi connectivity index (χ4n) is 3.33. The summed E-state index contributed by atoms with van der Waals surface area (Å²) in [5.74, 6) is 0.456. The zero-order valence-corrected chi connectivity index (χ0v) is 20.8. The second-order valence-corrected chi connectivity index (χ2v) is 8.18.